The van der Waals surface area contributed by atoms with Crippen molar-refractivity contribution in [2.24, 2.45) is 0 Å². The molecule has 0 radical (unpaired) electrons. The van der Waals surface area contributed by atoms with Gasteiger partial charge in [-0.3, -0.25) is 4.72 Å². The third-order valence-corrected chi connectivity index (χ3v) is 5.52. The molecule has 0 spiro atoms. The molecule has 0 saturated heterocycles. The second-order valence-electron chi connectivity index (χ2n) is 3.31. The lowest BCUT2D eigenvalue weighted by Crippen LogP contribution is -2.11. The van der Waals surface area contributed by atoms with Crippen LogP contribution in [-0.2, 0) is 10.0 Å². The van der Waals surface area contributed by atoms with Gasteiger partial charge in [-0.1, -0.05) is 0 Å². The second kappa shape index (κ2) is 4.83. The van der Waals surface area contributed by atoms with Crippen LogP contribution in [0, 0.1) is 3.57 Å². The van der Waals surface area contributed by atoms with Crippen molar-refractivity contribution in [3.05, 3.63) is 39.3 Å². The lowest BCUT2D eigenvalue weighted by atomic mass is 10.3. The summed E-state index contributed by atoms with van der Waals surface area (Å²) < 4.78 is 27.6. The number of rotatable bonds is 3. The minimum atomic E-state index is -3.52. The van der Waals surface area contributed by atoms with Crippen LogP contribution in [0.3, 0.4) is 0 Å². The van der Waals surface area contributed by atoms with E-state index in [0.717, 1.165) is 14.9 Å². The fraction of sp³-hybridized carbons (Fsp3) is 0. The highest BCUT2D eigenvalue weighted by Gasteiger charge is 2.16. The number of thiophene rings is 1. The number of benzene rings is 1. The molecular formula is C10H9IN2O2S2. The monoisotopic (exact) mass is 380 g/mol. The van der Waals surface area contributed by atoms with Crippen molar-refractivity contribution < 1.29 is 8.42 Å². The van der Waals surface area contributed by atoms with Crippen molar-refractivity contribution in [1.82, 2.24) is 0 Å². The number of anilines is 2. The van der Waals surface area contributed by atoms with Crippen LogP contribution >= 0.6 is 33.9 Å². The van der Waals surface area contributed by atoms with Gasteiger partial charge in [-0.05, 0) is 52.9 Å². The molecule has 2 aromatic rings. The van der Waals surface area contributed by atoms with E-state index in [4.69, 9.17) is 5.73 Å². The minimum absolute atomic E-state index is 0.216. The number of nitrogens with one attached hydrogen (secondary N) is 1. The molecule has 1 aromatic carbocycles. The van der Waals surface area contributed by atoms with Gasteiger partial charge in [0, 0.05) is 20.3 Å². The summed E-state index contributed by atoms with van der Waals surface area (Å²) in [5, 5.41) is 1.60. The molecule has 0 aliphatic heterocycles. The number of sulfonamides is 1. The standard InChI is InChI=1S/C10H9IN2O2S2/c11-7-1-3-9(4-2-7)13-17(14,15)10-5-8(12)6-16-10/h1-6,13H,12H2. The quantitative estimate of drug-likeness (QED) is 0.805. The maximum Gasteiger partial charge on any atom is 0.271 e. The third kappa shape index (κ3) is 3.11. The summed E-state index contributed by atoms with van der Waals surface area (Å²) in [6.07, 6.45) is 0. The van der Waals surface area contributed by atoms with E-state index in [9.17, 15) is 8.42 Å². The zero-order valence-electron chi connectivity index (χ0n) is 8.55. The number of hydrogen-bond donors (Lipinski definition) is 2. The first-order chi connectivity index (χ1) is 7.97. The molecule has 0 saturated carbocycles. The van der Waals surface area contributed by atoms with E-state index in [1.165, 1.54) is 6.07 Å². The topological polar surface area (TPSA) is 72.2 Å². The molecular weight excluding hydrogens is 371 g/mol. The normalized spacial score (nSPS) is 11.4. The molecule has 17 heavy (non-hydrogen) atoms. The average molecular weight is 380 g/mol. The van der Waals surface area contributed by atoms with E-state index in [2.05, 4.69) is 27.3 Å². The molecule has 4 nitrogen and oxygen atoms in total. The number of hydrogen-bond acceptors (Lipinski definition) is 4. The Morgan fingerprint density at radius 3 is 2.41 bits per heavy atom. The molecule has 0 bridgehead atoms. The summed E-state index contributed by atoms with van der Waals surface area (Å²) in [6.45, 7) is 0. The Bertz CT molecular complexity index is 620. The molecule has 90 valence electrons. The van der Waals surface area contributed by atoms with E-state index in [-0.39, 0.29) is 4.21 Å². The van der Waals surface area contributed by atoms with E-state index in [1.54, 1.807) is 17.5 Å². The van der Waals surface area contributed by atoms with Gasteiger partial charge in [-0.15, -0.1) is 11.3 Å². The van der Waals surface area contributed by atoms with Gasteiger partial charge in [0.15, 0.2) is 0 Å². The summed E-state index contributed by atoms with van der Waals surface area (Å²) in [6, 6.07) is 8.55. The van der Waals surface area contributed by atoms with Crippen LogP contribution in [0.5, 0.6) is 0 Å². The number of nitrogen functional groups attached to an aromatic ring is 1. The van der Waals surface area contributed by atoms with Gasteiger partial charge in [0.05, 0.1) is 0 Å². The van der Waals surface area contributed by atoms with Crippen molar-refractivity contribution in [2.45, 2.75) is 4.21 Å². The molecule has 7 heteroatoms. The predicted molar refractivity (Wildman–Crippen MR) is 78.7 cm³/mol. The number of halogens is 1. The second-order valence-corrected chi connectivity index (χ2v) is 7.38. The molecule has 3 N–H and O–H groups in total. The molecule has 0 unspecified atom stereocenters. The summed E-state index contributed by atoms with van der Waals surface area (Å²) in [5.41, 5.74) is 6.50. The summed E-state index contributed by atoms with van der Waals surface area (Å²) in [5.74, 6) is 0. The fourth-order valence-corrected chi connectivity index (χ4v) is 3.69. The summed E-state index contributed by atoms with van der Waals surface area (Å²) in [4.78, 5) is 0. The van der Waals surface area contributed by atoms with Gasteiger partial charge < -0.3 is 5.73 Å². The molecule has 1 heterocycles. The SMILES string of the molecule is Nc1csc(S(=O)(=O)Nc2ccc(I)cc2)c1. The lowest BCUT2D eigenvalue weighted by Gasteiger charge is -2.05. The highest BCUT2D eigenvalue weighted by atomic mass is 127. The van der Waals surface area contributed by atoms with Crippen LogP contribution in [-0.4, -0.2) is 8.42 Å². The van der Waals surface area contributed by atoms with E-state index < -0.39 is 10.0 Å². The minimum Gasteiger partial charge on any atom is -0.398 e. The Morgan fingerprint density at radius 2 is 1.88 bits per heavy atom. The maximum atomic E-state index is 11.9. The zero-order valence-corrected chi connectivity index (χ0v) is 12.3. The van der Waals surface area contributed by atoms with Crippen LogP contribution in [0.4, 0.5) is 11.4 Å². The first kappa shape index (κ1) is 12.7. The fourth-order valence-electron chi connectivity index (χ4n) is 1.19. The van der Waals surface area contributed by atoms with Gasteiger partial charge in [0.25, 0.3) is 10.0 Å². The maximum absolute atomic E-state index is 11.9. The van der Waals surface area contributed by atoms with E-state index in [1.807, 2.05) is 12.1 Å². The average Bonchev–Trinajstić information content (AvgIpc) is 2.69. The molecule has 0 atom stereocenters. The van der Waals surface area contributed by atoms with Crippen LogP contribution in [0.1, 0.15) is 0 Å². The Morgan fingerprint density at radius 1 is 1.24 bits per heavy atom. The van der Waals surface area contributed by atoms with Crippen LogP contribution in [0.2, 0.25) is 0 Å². The Kier molecular flexibility index (Phi) is 3.59. The smallest absolute Gasteiger partial charge is 0.271 e. The Balaban J connectivity index is 2.26. The summed E-state index contributed by atoms with van der Waals surface area (Å²) >= 11 is 3.26. The van der Waals surface area contributed by atoms with Gasteiger partial charge in [0.2, 0.25) is 0 Å². The van der Waals surface area contributed by atoms with Gasteiger partial charge in [-0.2, -0.15) is 0 Å². The van der Waals surface area contributed by atoms with Crippen molar-refractivity contribution in [3.63, 3.8) is 0 Å². The summed E-state index contributed by atoms with van der Waals surface area (Å²) in [7, 11) is -3.52. The predicted octanol–water partition coefficient (Wildman–Crippen LogP) is 2.74. The van der Waals surface area contributed by atoms with Crippen molar-refractivity contribution in [2.75, 3.05) is 10.5 Å². The van der Waals surface area contributed by atoms with Gasteiger partial charge in [-0.25, -0.2) is 8.42 Å². The van der Waals surface area contributed by atoms with Crippen molar-refractivity contribution in [1.29, 1.82) is 0 Å². The lowest BCUT2D eigenvalue weighted by molar-refractivity contribution is 0.603. The van der Waals surface area contributed by atoms with Crippen LogP contribution in [0.25, 0.3) is 0 Å². The van der Waals surface area contributed by atoms with E-state index in [0.29, 0.717) is 11.4 Å². The van der Waals surface area contributed by atoms with Crippen LogP contribution < -0.4 is 10.5 Å². The highest BCUT2D eigenvalue weighted by molar-refractivity contribution is 14.1. The Labute approximate surface area is 117 Å². The first-order valence-corrected chi connectivity index (χ1v) is 8.04. The molecule has 0 amide bonds. The third-order valence-electron chi connectivity index (χ3n) is 1.96. The zero-order chi connectivity index (χ0) is 12.5. The molecule has 1 aromatic heterocycles. The molecule has 0 aliphatic rings. The molecule has 0 aliphatic carbocycles. The van der Waals surface area contributed by atoms with E-state index >= 15 is 0 Å². The van der Waals surface area contributed by atoms with Crippen molar-refractivity contribution in [3.8, 4) is 0 Å². The molecule has 0 fully saturated rings. The first-order valence-electron chi connectivity index (χ1n) is 4.60. The Hall–Kier alpha value is -0.800. The molecule has 2 rings (SSSR count). The highest BCUT2D eigenvalue weighted by Crippen LogP contribution is 2.24. The largest absolute Gasteiger partial charge is 0.398 e. The van der Waals surface area contributed by atoms with Crippen molar-refractivity contribution >= 4 is 55.3 Å². The van der Waals surface area contributed by atoms with Gasteiger partial charge >= 0.3 is 0 Å². The van der Waals surface area contributed by atoms with Crippen LogP contribution in [0.15, 0.2) is 39.9 Å². The van der Waals surface area contributed by atoms with Gasteiger partial charge in [0.1, 0.15) is 4.21 Å². The number of nitrogens with two attached hydrogens (primary N) is 1.